The topological polar surface area (TPSA) is 58.6 Å². The van der Waals surface area contributed by atoms with Crippen LogP contribution in [-0.2, 0) is 16.1 Å². The van der Waals surface area contributed by atoms with Crippen molar-refractivity contribution in [2.45, 2.75) is 20.4 Å². The molecule has 1 N–H and O–H groups in total. The SMILES string of the molecule is CCN(CC(=O)NCc1cccs1)C(=O)COc1cccc(C)c1. The maximum absolute atomic E-state index is 12.2. The lowest BCUT2D eigenvalue weighted by Gasteiger charge is -2.20. The van der Waals surface area contributed by atoms with Gasteiger partial charge in [0.2, 0.25) is 5.91 Å². The van der Waals surface area contributed by atoms with Crippen LogP contribution in [0.15, 0.2) is 41.8 Å². The Morgan fingerprint density at radius 1 is 1.25 bits per heavy atom. The number of carbonyl (C=O) groups excluding carboxylic acids is 2. The highest BCUT2D eigenvalue weighted by molar-refractivity contribution is 7.09. The Hall–Kier alpha value is -2.34. The van der Waals surface area contributed by atoms with Gasteiger partial charge in [0, 0.05) is 11.4 Å². The fourth-order valence-corrected chi connectivity index (χ4v) is 2.79. The molecule has 0 radical (unpaired) electrons. The maximum Gasteiger partial charge on any atom is 0.260 e. The number of hydrogen-bond donors (Lipinski definition) is 1. The molecule has 24 heavy (non-hydrogen) atoms. The minimum absolute atomic E-state index is 0.0396. The molecule has 0 aliphatic heterocycles. The minimum atomic E-state index is -0.203. The molecule has 5 nitrogen and oxygen atoms in total. The first-order valence-corrected chi connectivity index (χ1v) is 8.72. The van der Waals surface area contributed by atoms with Gasteiger partial charge in [0.25, 0.3) is 5.91 Å². The van der Waals surface area contributed by atoms with E-state index in [-0.39, 0.29) is 25.0 Å². The van der Waals surface area contributed by atoms with E-state index in [2.05, 4.69) is 5.32 Å². The van der Waals surface area contributed by atoms with Crippen LogP contribution in [0.3, 0.4) is 0 Å². The lowest BCUT2D eigenvalue weighted by molar-refractivity contribution is -0.137. The fourth-order valence-electron chi connectivity index (χ4n) is 2.15. The number of ether oxygens (including phenoxy) is 1. The average Bonchev–Trinajstić information content (AvgIpc) is 3.09. The van der Waals surface area contributed by atoms with Gasteiger partial charge < -0.3 is 15.0 Å². The first-order chi connectivity index (χ1) is 11.6. The molecule has 0 aliphatic carbocycles. The number of amides is 2. The van der Waals surface area contributed by atoms with Gasteiger partial charge in [-0.05, 0) is 43.0 Å². The van der Waals surface area contributed by atoms with Crippen molar-refractivity contribution >= 4 is 23.2 Å². The molecular weight excluding hydrogens is 324 g/mol. The molecule has 128 valence electrons. The standard InChI is InChI=1S/C18H22N2O3S/c1-3-20(12-17(21)19-11-16-8-5-9-24-16)18(22)13-23-15-7-4-6-14(2)10-15/h4-10H,3,11-13H2,1-2H3,(H,19,21). The Bertz CT molecular complexity index is 671. The van der Waals surface area contributed by atoms with Gasteiger partial charge >= 0.3 is 0 Å². The summed E-state index contributed by atoms with van der Waals surface area (Å²) in [6.07, 6.45) is 0. The molecule has 1 heterocycles. The lowest BCUT2D eigenvalue weighted by Crippen LogP contribution is -2.42. The maximum atomic E-state index is 12.2. The summed E-state index contributed by atoms with van der Waals surface area (Å²) < 4.78 is 5.51. The van der Waals surface area contributed by atoms with Crippen LogP contribution in [0.2, 0.25) is 0 Å². The molecular formula is C18H22N2O3S. The van der Waals surface area contributed by atoms with Crippen molar-refractivity contribution in [3.05, 3.63) is 52.2 Å². The predicted molar refractivity (Wildman–Crippen MR) is 95.1 cm³/mol. The van der Waals surface area contributed by atoms with E-state index >= 15 is 0 Å². The second-order valence-electron chi connectivity index (χ2n) is 5.37. The number of carbonyl (C=O) groups is 2. The van der Waals surface area contributed by atoms with Crippen molar-refractivity contribution in [3.63, 3.8) is 0 Å². The van der Waals surface area contributed by atoms with Crippen LogP contribution >= 0.6 is 11.3 Å². The van der Waals surface area contributed by atoms with Crippen LogP contribution in [0.4, 0.5) is 0 Å². The fraction of sp³-hybridized carbons (Fsp3) is 0.333. The van der Waals surface area contributed by atoms with Gasteiger partial charge in [0.1, 0.15) is 5.75 Å². The monoisotopic (exact) mass is 346 g/mol. The largest absolute Gasteiger partial charge is 0.484 e. The van der Waals surface area contributed by atoms with E-state index in [4.69, 9.17) is 4.74 Å². The average molecular weight is 346 g/mol. The summed E-state index contributed by atoms with van der Waals surface area (Å²) in [5, 5.41) is 4.79. The number of nitrogens with one attached hydrogen (secondary N) is 1. The summed E-state index contributed by atoms with van der Waals surface area (Å²) in [4.78, 5) is 26.8. The Morgan fingerprint density at radius 2 is 2.08 bits per heavy atom. The van der Waals surface area contributed by atoms with Crippen molar-refractivity contribution in [2.24, 2.45) is 0 Å². The second-order valence-corrected chi connectivity index (χ2v) is 6.40. The third-order valence-electron chi connectivity index (χ3n) is 3.46. The molecule has 0 bridgehead atoms. The van der Waals surface area contributed by atoms with E-state index in [1.54, 1.807) is 11.3 Å². The normalized spacial score (nSPS) is 10.2. The summed E-state index contributed by atoms with van der Waals surface area (Å²) in [5.41, 5.74) is 1.07. The van der Waals surface area contributed by atoms with Crippen LogP contribution in [0.25, 0.3) is 0 Å². The van der Waals surface area contributed by atoms with Gasteiger partial charge in [0.05, 0.1) is 13.1 Å². The number of rotatable bonds is 8. The van der Waals surface area contributed by atoms with Gasteiger partial charge in [-0.15, -0.1) is 11.3 Å². The van der Waals surface area contributed by atoms with Crippen molar-refractivity contribution in [1.29, 1.82) is 0 Å². The van der Waals surface area contributed by atoms with E-state index in [1.807, 2.05) is 55.6 Å². The van der Waals surface area contributed by atoms with Crippen LogP contribution in [0.1, 0.15) is 17.4 Å². The van der Waals surface area contributed by atoms with Gasteiger partial charge in [-0.25, -0.2) is 0 Å². The second kappa shape index (κ2) is 9.08. The smallest absolute Gasteiger partial charge is 0.260 e. The summed E-state index contributed by atoms with van der Waals surface area (Å²) in [6, 6.07) is 11.4. The zero-order valence-electron chi connectivity index (χ0n) is 14.0. The van der Waals surface area contributed by atoms with Gasteiger partial charge in [-0.3, -0.25) is 9.59 Å². The van der Waals surface area contributed by atoms with Gasteiger partial charge in [0.15, 0.2) is 6.61 Å². The first kappa shape index (κ1) is 18.0. The molecule has 0 saturated heterocycles. The Kier molecular flexibility index (Phi) is 6.81. The van der Waals surface area contributed by atoms with Gasteiger partial charge in [-0.2, -0.15) is 0 Å². The van der Waals surface area contributed by atoms with E-state index < -0.39 is 0 Å². The highest BCUT2D eigenvalue weighted by Gasteiger charge is 2.16. The van der Waals surface area contributed by atoms with Gasteiger partial charge in [-0.1, -0.05) is 18.2 Å². The molecule has 6 heteroatoms. The van der Waals surface area contributed by atoms with Crippen LogP contribution in [0, 0.1) is 6.92 Å². The highest BCUT2D eigenvalue weighted by Crippen LogP contribution is 2.12. The summed E-state index contributed by atoms with van der Waals surface area (Å²) in [5.74, 6) is 0.279. The third-order valence-corrected chi connectivity index (χ3v) is 4.34. The van der Waals surface area contributed by atoms with Crippen molar-refractivity contribution in [1.82, 2.24) is 10.2 Å². The third kappa shape index (κ3) is 5.70. The number of nitrogens with zero attached hydrogens (tertiary/aromatic N) is 1. The molecule has 0 saturated carbocycles. The minimum Gasteiger partial charge on any atom is -0.484 e. The molecule has 0 aliphatic rings. The molecule has 0 spiro atoms. The van der Waals surface area contributed by atoms with Crippen molar-refractivity contribution in [3.8, 4) is 5.75 Å². The predicted octanol–water partition coefficient (Wildman–Crippen LogP) is 2.60. The molecule has 0 unspecified atom stereocenters. The van der Waals surface area contributed by atoms with E-state index in [0.29, 0.717) is 18.8 Å². The Morgan fingerprint density at radius 3 is 2.75 bits per heavy atom. The van der Waals surface area contributed by atoms with E-state index in [9.17, 15) is 9.59 Å². The quantitative estimate of drug-likeness (QED) is 0.799. The highest BCUT2D eigenvalue weighted by atomic mass is 32.1. The summed E-state index contributed by atoms with van der Waals surface area (Å²) in [6.45, 7) is 4.72. The molecule has 0 atom stereocenters. The van der Waals surface area contributed by atoms with E-state index in [0.717, 1.165) is 10.4 Å². The van der Waals surface area contributed by atoms with Crippen LogP contribution in [0.5, 0.6) is 5.75 Å². The Labute approximate surface area is 146 Å². The molecule has 0 fully saturated rings. The van der Waals surface area contributed by atoms with Crippen LogP contribution < -0.4 is 10.1 Å². The van der Waals surface area contributed by atoms with Crippen molar-refractivity contribution in [2.75, 3.05) is 19.7 Å². The molecule has 1 aromatic heterocycles. The number of benzene rings is 1. The summed E-state index contributed by atoms with van der Waals surface area (Å²) in [7, 11) is 0. The molecule has 1 aromatic carbocycles. The Balaban J connectivity index is 1.78. The lowest BCUT2D eigenvalue weighted by atomic mass is 10.2. The first-order valence-electron chi connectivity index (χ1n) is 7.84. The van der Waals surface area contributed by atoms with Crippen molar-refractivity contribution < 1.29 is 14.3 Å². The summed E-state index contributed by atoms with van der Waals surface area (Å²) >= 11 is 1.59. The number of hydrogen-bond acceptors (Lipinski definition) is 4. The number of likely N-dealkylation sites (N-methyl/N-ethyl adjacent to an activating group) is 1. The molecule has 2 rings (SSSR count). The number of aryl methyl sites for hydroxylation is 1. The number of thiophene rings is 1. The van der Waals surface area contributed by atoms with E-state index in [1.165, 1.54) is 4.90 Å². The zero-order valence-corrected chi connectivity index (χ0v) is 14.8. The van der Waals surface area contributed by atoms with Crippen LogP contribution in [-0.4, -0.2) is 36.4 Å². The molecule has 2 amide bonds. The molecule has 2 aromatic rings. The zero-order chi connectivity index (χ0) is 17.4.